The number of halogens is 3. The van der Waals surface area contributed by atoms with Gasteiger partial charge in [-0.3, -0.25) is 5.41 Å². The van der Waals surface area contributed by atoms with Crippen molar-refractivity contribution >= 4 is 11.7 Å². The van der Waals surface area contributed by atoms with Crippen LogP contribution < -0.4 is 5.73 Å². The van der Waals surface area contributed by atoms with Gasteiger partial charge in [-0.1, -0.05) is 18.2 Å². The van der Waals surface area contributed by atoms with E-state index in [1.165, 1.54) is 23.2 Å². The van der Waals surface area contributed by atoms with Gasteiger partial charge in [-0.15, -0.1) is 0 Å². The summed E-state index contributed by atoms with van der Waals surface area (Å²) < 4.78 is 38.5. The van der Waals surface area contributed by atoms with Gasteiger partial charge in [-0.25, -0.2) is 5.01 Å². The molecule has 0 fully saturated rings. The van der Waals surface area contributed by atoms with E-state index in [1.54, 1.807) is 0 Å². The number of hydrogen-bond acceptors (Lipinski definition) is 2. The molecule has 1 aliphatic rings. The first-order valence-electron chi connectivity index (χ1n) is 5.25. The van der Waals surface area contributed by atoms with Crippen molar-refractivity contribution in [1.29, 1.82) is 5.41 Å². The van der Waals surface area contributed by atoms with Crippen LogP contribution >= 0.6 is 0 Å². The average Bonchev–Trinajstić information content (AvgIpc) is 2.77. The topological polar surface area (TPSA) is 65.5 Å². The maximum Gasteiger partial charge on any atom is 0.417 e. The molecule has 0 amide bonds. The summed E-state index contributed by atoms with van der Waals surface area (Å²) in [5.41, 5.74) is 4.88. The van der Waals surface area contributed by atoms with Crippen LogP contribution in [0.5, 0.6) is 0 Å². The number of guanidine groups is 1. The molecule has 96 valence electrons. The average molecular weight is 256 g/mol. The van der Waals surface area contributed by atoms with Crippen molar-refractivity contribution in [2.75, 3.05) is 6.54 Å². The molecule has 0 bridgehead atoms. The summed E-state index contributed by atoms with van der Waals surface area (Å²) in [4.78, 5) is 0. The van der Waals surface area contributed by atoms with E-state index >= 15 is 0 Å². The number of hydrogen-bond donors (Lipinski definition) is 2. The highest BCUT2D eigenvalue weighted by Crippen LogP contribution is 2.33. The Balaban J connectivity index is 2.41. The second-order valence-electron chi connectivity index (χ2n) is 3.85. The fourth-order valence-corrected chi connectivity index (χ4v) is 1.80. The number of benzene rings is 1. The largest absolute Gasteiger partial charge is 0.417 e. The molecular weight excluding hydrogens is 245 g/mol. The Hall–Kier alpha value is -2.05. The predicted molar refractivity (Wildman–Crippen MR) is 61.2 cm³/mol. The monoisotopic (exact) mass is 256 g/mol. The molecule has 0 saturated heterocycles. The summed E-state index contributed by atoms with van der Waals surface area (Å²) in [5, 5.41) is 12.3. The first-order valence-corrected chi connectivity index (χ1v) is 5.25. The van der Waals surface area contributed by atoms with Crippen molar-refractivity contribution < 1.29 is 13.2 Å². The summed E-state index contributed by atoms with van der Waals surface area (Å²) in [7, 11) is 0. The van der Waals surface area contributed by atoms with E-state index < -0.39 is 11.7 Å². The summed E-state index contributed by atoms with van der Waals surface area (Å²) in [5.74, 6) is -0.269. The standard InChI is InChI=1S/C11H11F3N4/c12-11(13,14)8-4-2-1-3-7(8)9-5-6-18(17-9)10(15)16/h1-4H,5-6H2,(H3,15,16). The molecule has 3 N–H and O–H groups in total. The third-order valence-corrected chi connectivity index (χ3v) is 2.62. The van der Waals surface area contributed by atoms with Crippen LogP contribution in [0.3, 0.4) is 0 Å². The van der Waals surface area contributed by atoms with E-state index in [2.05, 4.69) is 5.10 Å². The van der Waals surface area contributed by atoms with E-state index in [0.29, 0.717) is 18.7 Å². The van der Waals surface area contributed by atoms with Crippen LogP contribution in [0.1, 0.15) is 17.5 Å². The van der Waals surface area contributed by atoms with Crippen molar-refractivity contribution in [1.82, 2.24) is 5.01 Å². The van der Waals surface area contributed by atoms with Crippen LogP contribution in [0, 0.1) is 5.41 Å². The van der Waals surface area contributed by atoms with E-state index in [1.807, 2.05) is 0 Å². The van der Waals surface area contributed by atoms with E-state index in [4.69, 9.17) is 11.1 Å². The molecule has 7 heteroatoms. The Labute approximate surface area is 101 Å². The SMILES string of the molecule is N=C(N)N1CCC(c2ccccc2C(F)(F)F)=N1. The summed E-state index contributed by atoms with van der Waals surface area (Å²) in [6.45, 7) is 0.330. The minimum absolute atomic E-state index is 0.0498. The molecule has 0 saturated carbocycles. The molecule has 0 radical (unpaired) electrons. The summed E-state index contributed by atoms with van der Waals surface area (Å²) >= 11 is 0. The Kier molecular flexibility index (Phi) is 2.98. The molecule has 0 spiro atoms. The maximum absolute atomic E-state index is 12.8. The minimum atomic E-state index is -4.41. The van der Waals surface area contributed by atoms with E-state index in [0.717, 1.165) is 6.07 Å². The Morgan fingerprint density at radius 1 is 1.33 bits per heavy atom. The molecule has 4 nitrogen and oxygen atoms in total. The van der Waals surface area contributed by atoms with Crippen molar-refractivity contribution in [2.24, 2.45) is 10.8 Å². The van der Waals surface area contributed by atoms with Crippen LogP contribution in [0.25, 0.3) is 0 Å². The molecule has 18 heavy (non-hydrogen) atoms. The number of alkyl halides is 3. The van der Waals surface area contributed by atoms with Gasteiger partial charge in [0.25, 0.3) is 0 Å². The highest BCUT2D eigenvalue weighted by Gasteiger charge is 2.35. The first-order chi connectivity index (χ1) is 8.39. The lowest BCUT2D eigenvalue weighted by Gasteiger charge is -2.12. The van der Waals surface area contributed by atoms with E-state index in [9.17, 15) is 13.2 Å². The fourth-order valence-electron chi connectivity index (χ4n) is 1.80. The van der Waals surface area contributed by atoms with Gasteiger partial charge in [0, 0.05) is 12.0 Å². The van der Waals surface area contributed by atoms with Gasteiger partial charge in [-0.2, -0.15) is 18.3 Å². The zero-order chi connectivity index (χ0) is 13.3. The lowest BCUT2D eigenvalue weighted by Crippen LogP contribution is -2.29. The summed E-state index contributed by atoms with van der Waals surface area (Å²) in [6.07, 6.45) is -4.07. The molecule has 0 atom stereocenters. The number of rotatable bonds is 1. The van der Waals surface area contributed by atoms with Crippen LogP contribution in [0.4, 0.5) is 13.2 Å². The molecule has 1 aromatic rings. The number of nitrogens with one attached hydrogen (secondary N) is 1. The second kappa shape index (κ2) is 4.32. The molecule has 2 rings (SSSR count). The van der Waals surface area contributed by atoms with Crippen molar-refractivity contribution in [2.45, 2.75) is 12.6 Å². The molecule has 0 aliphatic carbocycles. The maximum atomic E-state index is 12.8. The van der Waals surface area contributed by atoms with Crippen LogP contribution in [0.15, 0.2) is 29.4 Å². The van der Waals surface area contributed by atoms with Gasteiger partial charge in [-0.05, 0) is 6.07 Å². The van der Waals surface area contributed by atoms with Gasteiger partial charge in [0.2, 0.25) is 5.96 Å². The molecule has 1 heterocycles. The lowest BCUT2D eigenvalue weighted by molar-refractivity contribution is -0.137. The van der Waals surface area contributed by atoms with Crippen molar-refractivity contribution in [3.05, 3.63) is 35.4 Å². The molecular formula is C11H11F3N4. The van der Waals surface area contributed by atoms with E-state index in [-0.39, 0.29) is 11.5 Å². The lowest BCUT2D eigenvalue weighted by atomic mass is 10.0. The van der Waals surface area contributed by atoms with Crippen LogP contribution in [0.2, 0.25) is 0 Å². The van der Waals surface area contributed by atoms with Gasteiger partial charge >= 0.3 is 6.18 Å². The Morgan fingerprint density at radius 3 is 2.56 bits per heavy atom. The van der Waals surface area contributed by atoms with Crippen LogP contribution in [-0.2, 0) is 6.18 Å². The van der Waals surface area contributed by atoms with Gasteiger partial charge in [0.05, 0.1) is 17.8 Å². The molecule has 0 unspecified atom stereocenters. The third-order valence-electron chi connectivity index (χ3n) is 2.62. The predicted octanol–water partition coefficient (Wildman–Crippen LogP) is 2.01. The highest BCUT2D eigenvalue weighted by atomic mass is 19.4. The number of nitrogens with two attached hydrogens (primary N) is 1. The van der Waals surface area contributed by atoms with Crippen molar-refractivity contribution in [3.63, 3.8) is 0 Å². The highest BCUT2D eigenvalue weighted by molar-refractivity contribution is 6.03. The Morgan fingerprint density at radius 2 is 2.00 bits per heavy atom. The van der Waals surface area contributed by atoms with Crippen molar-refractivity contribution in [3.8, 4) is 0 Å². The zero-order valence-electron chi connectivity index (χ0n) is 9.33. The van der Waals surface area contributed by atoms with Gasteiger partial charge < -0.3 is 5.73 Å². The fraction of sp³-hybridized carbons (Fsp3) is 0.273. The van der Waals surface area contributed by atoms with Gasteiger partial charge in [0.15, 0.2) is 0 Å². The molecule has 1 aromatic carbocycles. The first kappa shape index (κ1) is 12.4. The smallest absolute Gasteiger partial charge is 0.369 e. The second-order valence-corrected chi connectivity index (χ2v) is 3.85. The Bertz CT molecular complexity index is 507. The normalized spacial score (nSPS) is 15.7. The quantitative estimate of drug-likeness (QED) is 0.596. The zero-order valence-corrected chi connectivity index (χ0v) is 9.33. The third kappa shape index (κ3) is 2.29. The molecule has 1 aliphatic heterocycles. The summed E-state index contributed by atoms with van der Waals surface area (Å²) in [6, 6.07) is 5.27. The number of nitrogens with zero attached hydrogens (tertiary/aromatic N) is 2. The van der Waals surface area contributed by atoms with Crippen LogP contribution in [-0.4, -0.2) is 23.2 Å². The minimum Gasteiger partial charge on any atom is -0.369 e. The molecule has 0 aromatic heterocycles. The number of hydrazone groups is 1. The van der Waals surface area contributed by atoms with Gasteiger partial charge in [0.1, 0.15) is 0 Å².